The molecule has 0 spiro atoms. The molecule has 0 fully saturated rings. The molecule has 3 aromatic rings. The Bertz CT molecular complexity index is 1130. The van der Waals surface area contributed by atoms with Gasteiger partial charge in [-0.1, -0.05) is 30.3 Å². The van der Waals surface area contributed by atoms with Crippen LogP contribution in [0.1, 0.15) is 15.9 Å². The van der Waals surface area contributed by atoms with Gasteiger partial charge in [0.15, 0.2) is 0 Å². The number of hydrogen-bond donors (Lipinski definition) is 1. The van der Waals surface area contributed by atoms with Crippen LogP contribution in [-0.2, 0) is 0 Å². The highest BCUT2D eigenvalue weighted by molar-refractivity contribution is 5.97. The lowest BCUT2D eigenvalue weighted by atomic mass is 10.2. The summed E-state index contributed by atoms with van der Waals surface area (Å²) in [5, 5.41) is 3.74. The third kappa shape index (κ3) is 8.22. The maximum Gasteiger partial charge on any atom is 0.387 e. The number of hydrogen-bond acceptors (Lipinski definition) is 6. The topological polar surface area (TPSA) is 78.4 Å². The Morgan fingerprint density at radius 2 is 1.49 bits per heavy atom. The molecule has 0 atom stereocenters. The monoisotopic (exact) mass is 492 g/mol. The molecule has 35 heavy (non-hydrogen) atoms. The number of alkyl halides is 4. The first-order valence-electron chi connectivity index (χ1n) is 10.2. The van der Waals surface area contributed by atoms with Crippen LogP contribution >= 0.6 is 0 Å². The summed E-state index contributed by atoms with van der Waals surface area (Å²) in [6, 6.07) is 18.7. The molecule has 0 aliphatic heterocycles. The van der Waals surface area contributed by atoms with Gasteiger partial charge in [0.2, 0.25) is 0 Å². The lowest BCUT2D eigenvalue weighted by molar-refractivity contribution is -0.0543. The van der Waals surface area contributed by atoms with E-state index < -0.39 is 24.9 Å². The number of carbonyl (C=O) groups is 1. The highest BCUT2D eigenvalue weighted by Gasteiger charge is 2.14. The number of rotatable bonds is 12. The highest BCUT2D eigenvalue weighted by Crippen LogP contribution is 2.26. The largest absolute Gasteiger partial charge is 0.490 e. The minimum absolute atomic E-state index is 0.00480. The molecule has 3 rings (SSSR count). The van der Waals surface area contributed by atoms with Gasteiger partial charge in [-0.05, 0) is 36.4 Å². The van der Waals surface area contributed by atoms with Crippen LogP contribution in [0.3, 0.4) is 0 Å². The van der Waals surface area contributed by atoms with E-state index in [1.165, 1.54) is 12.1 Å². The van der Waals surface area contributed by atoms with Crippen LogP contribution in [0, 0.1) is 0 Å². The molecule has 1 amide bonds. The molecule has 0 radical (unpaired) electrons. The van der Waals surface area contributed by atoms with Crippen LogP contribution in [-0.4, -0.2) is 38.6 Å². The van der Waals surface area contributed by atoms with Crippen molar-refractivity contribution in [2.45, 2.75) is 13.2 Å². The van der Waals surface area contributed by atoms with E-state index in [1.807, 2.05) is 18.2 Å². The summed E-state index contributed by atoms with van der Waals surface area (Å²) in [6.45, 7) is -5.94. The molecule has 3 aromatic carbocycles. The van der Waals surface area contributed by atoms with Gasteiger partial charge >= 0.3 is 13.2 Å². The number of ether oxygens (including phenoxy) is 4. The Labute approximate surface area is 197 Å². The van der Waals surface area contributed by atoms with Gasteiger partial charge in [-0.15, -0.1) is 0 Å². The van der Waals surface area contributed by atoms with E-state index in [0.717, 1.165) is 18.3 Å². The Kier molecular flexibility index (Phi) is 9.29. The lowest BCUT2D eigenvalue weighted by Gasteiger charge is -2.12. The van der Waals surface area contributed by atoms with E-state index in [4.69, 9.17) is 9.47 Å². The Balaban J connectivity index is 1.61. The number of carbonyl (C=O) groups excluding carboxylic acids is 1. The average molecular weight is 492 g/mol. The van der Waals surface area contributed by atoms with Gasteiger partial charge in [0.05, 0.1) is 11.8 Å². The number of hydrazone groups is 1. The number of benzene rings is 3. The number of nitrogens with one attached hydrogen (secondary N) is 1. The van der Waals surface area contributed by atoms with E-state index in [1.54, 1.807) is 30.3 Å². The number of nitrogens with zero attached hydrogens (tertiary/aromatic N) is 1. The first-order valence-corrected chi connectivity index (χ1v) is 10.2. The molecule has 0 bridgehead atoms. The number of amides is 1. The van der Waals surface area contributed by atoms with E-state index in [2.05, 4.69) is 20.0 Å². The van der Waals surface area contributed by atoms with Gasteiger partial charge in [0.1, 0.15) is 36.2 Å². The average Bonchev–Trinajstić information content (AvgIpc) is 2.83. The zero-order valence-corrected chi connectivity index (χ0v) is 18.1. The number of halogens is 4. The quantitative estimate of drug-likeness (QED) is 0.165. The van der Waals surface area contributed by atoms with Crippen molar-refractivity contribution in [3.63, 3.8) is 0 Å². The van der Waals surface area contributed by atoms with Crippen molar-refractivity contribution in [3.05, 3.63) is 83.9 Å². The van der Waals surface area contributed by atoms with Crippen LogP contribution in [0.5, 0.6) is 23.0 Å². The predicted octanol–water partition coefficient (Wildman–Crippen LogP) is 5.11. The molecule has 11 heteroatoms. The third-order valence-corrected chi connectivity index (χ3v) is 4.28. The number of para-hydroxylation sites is 2. The zero-order valence-electron chi connectivity index (χ0n) is 18.1. The van der Waals surface area contributed by atoms with Crippen molar-refractivity contribution in [2.24, 2.45) is 5.10 Å². The van der Waals surface area contributed by atoms with Crippen LogP contribution in [0.15, 0.2) is 77.9 Å². The second-order valence-electron chi connectivity index (χ2n) is 6.66. The molecule has 7 nitrogen and oxygen atoms in total. The molecular formula is C24H20F4N2O5. The maximum atomic E-state index is 12.7. The molecule has 0 aliphatic rings. The Morgan fingerprint density at radius 3 is 2.23 bits per heavy atom. The van der Waals surface area contributed by atoms with E-state index in [-0.39, 0.29) is 35.8 Å². The summed E-state index contributed by atoms with van der Waals surface area (Å²) in [5.41, 5.74) is 2.43. The molecular weight excluding hydrogens is 472 g/mol. The van der Waals surface area contributed by atoms with E-state index >= 15 is 0 Å². The fourth-order valence-corrected chi connectivity index (χ4v) is 2.82. The highest BCUT2D eigenvalue weighted by atomic mass is 19.3. The van der Waals surface area contributed by atoms with Gasteiger partial charge in [-0.25, -0.2) is 5.43 Å². The molecule has 0 saturated carbocycles. The van der Waals surface area contributed by atoms with Gasteiger partial charge in [-0.2, -0.15) is 22.7 Å². The smallest absolute Gasteiger partial charge is 0.387 e. The summed E-state index contributed by atoms with van der Waals surface area (Å²) in [6.07, 6.45) is 1.03. The van der Waals surface area contributed by atoms with Crippen LogP contribution in [0.25, 0.3) is 0 Å². The van der Waals surface area contributed by atoms with Crippen molar-refractivity contribution in [3.8, 4) is 23.0 Å². The minimum Gasteiger partial charge on any atom is -0.490 e. The third-order valence-electron chi connectivity index (χ3n) is 4.28. The SMILES string of the molecule is O=C(N/N=C\c1ccc(OC(F)F)cc1OC(F)F)c1ccccc1OCCOc1ccccc1. The van der Waals surface area contributed by atoms with Crippen molar-refractivity contribution < 1.29 is 41.3 Å². The fraction of sp³-hybridized carbons (Fsp3) is 0.167. The van der Waals surface area contributed by atoms with Crippen LogP contribution in [0.2, 0.25) is 0 Å². The summed E-state index contributed by atoms with van der Waals surface area (Å²) in [5.74, 6) is -0.500. The van der Waals surface area contributed by atoms with Crippen LogP contribution in [0.4, 0.5) is 17.6 Å². The predicted molar refractivity (Wildman–Crippen MR) is 119 cm³/mol. The zero-order chi connectivity index (χ0) is 25.0. The molecule has 0 heterocycles. The molecule has 0 saturated heterocycles. The van der Waals surface area contributed by atoms with Gasteiger partial charge in [-0.3, -0.25) is 4.79 Å². The molecule has 0 aromatic heterocycles. The normalized spacial score (nSPS) is 11.0. The van der Waals surface area contributed by atoms with Crippen molar-refractivity contribution in [1.82, 2.24) is 5.43 Å². The first kappa shape index (κ1) is 25.3. The second-order valence-corrected chi connectivity index (χ2v) is 6.66. The van der Waals surface area contributed by atoms with Gasteiger partial charge in [0, 0.05) is 11.6 Å². The van der Waals surface area contributed by atoms with Crippen LogP contribution < -0.4 is 24.4 Å². The Morgan fingerprint density at radius 1 is 0.800 bits per heavy atom. The summed E-state index contributed by atoms with van der Waals surface area (Å²) in [7, 11) is 0. The standard InChI is InChI=1S/C24H20F4N2O5/c25-23(26)34-18-11-10-16(21(14-18)35-24(27)28)15-29-30-22(31)19-8-4-5-9-20(19)33-13-12-32-17-6-2-1-3-7-17/h1-11,14-15,23-24H,12-13H2,(H,30,31)/b29-15-. The molecule has 1 N–H and O–H groups in total. The summed E-state index contributed by atoms with van der Waals surface area (Å²) >= 11 is 0. The molecule has 184 valence electrons. The fourth-order valence-electron chi connectivity index (χ4n) is 2.82. The van der Waals surface area contributed by atoms with Crippen molar-refractivity contribution in [1.29, 1.82) is 0 Å². The lowest BCUT2D eigenvalue weighted by Crippen LogP contribution is -2.19. The van der Waals surface area contributed by atoms with Gasteiger partial charge in [0.25, 0.3) is 5.91 Å². The van der Waals surface area contributed by atoms with Crippen molar-refractivity contribution in [2.75, 3.05) is 13.2 Å². The molecule has 0 unspecified atom stereocenters. The summed E-state index contributed by atoms with van der Waals surface area (Å²) in [4.78, 5) is 12.6. The maximum absolute atomic E-state index is 12.7. The summed E-state index contributed by atoms with van der Waals surface area (Å²) < 4.78 is 69.8. The van der Waals surface area contributed by atoms with Gasteiger partial charge < -0.3 is 18.9 Å². The van der Waals surface area contributed by atoms with Crippen molar-refractivity contribution >= 4 is 12.1 Å². The van der Waals surface area contributed by atoms with E-state index in [0.29, 0.717) is 5.75 Å². The second kappa shape index (κ2) is 12.8. The molecule has 0 aliphatic carbocycles. The minimum atomic E-state index is -3.21. The Hall–Kier alpha value is -4.28. The first-order chi connectivity index (χ1) is 16.9. The van der Waals surface area contributed by atoms with E-state index in [9.17, 15) is 22.4 Å².